The van der Waals surface area contributed by atoms with Crippen LogP contribution in [0.3, 0.4) is 0 Å². The van der Waals surface area contributed by atoms with Crippen molar-refractivity contribution in [2.75, 3.05) is 13.2 Å². The maximum atomic E-state index is 12.9. The Hall–Kier alpha value is -1.80. The Labute approximate surface area is 161 Å². The van der Waals surface area contributed by atoms with Gasteiger partial charge in [0, 0.05) is 5.57 Å². The van der Waals surface area contributed by atoms with Gasteiger partial charge in [0.15, 0.2) is 23.3 Å². The van der Waals surface area contributed by atoms with Crippen LogP contribution < -0.4 is 9.47 Å². The summed E-state index contributed by atoms with van der Waals surface area (Å²) in [5.74, 6) is -1.59. The number of carbonyl (C=O) groups is 2. The molecule has 8 nitrogen and oxygen atoms in total. The lowest BCUT2D eigenvalue weighted by Gasteiger charge is -2.19. The Bertz CT molecular complexity index is 822. The van der Waals surface area contributed by atoms with Crippen molar-refractivity contribution in [3.8, 4) is 11.5 Å². The molecule has 0 radical (unpaired) electrons. The lowest BCUT2D eigenvalue weighted by Crippen LogP contribution is -2.35. The van der Waals surface area contributed by atoms with Crippen LogP contribution in [0.25, 0.3) is 0 Å². The molecule has 0 aliphatic heterocycles. The minimum Gasteiger partial charge on any atom is -0.743 e. The zero-order chi connectivity index (χ0) is 20.1. The van der Waals surface area contributed by atoms with Crippen molar-refractivity contribution < 1.29 is 45.6 Å². The normalized spacial score (nSPS) is 11.6. The van der Waals surface area contributed by atoms with Crippen molar-refractivity contribution in [3.05, 3.63) is 33.9 Å². The zero-order valence-corrected chi connectivity index (χ0v) is 16.1. The summed E-state index contributed by atoms with van der Waals surface area (Å²) in [5, 5.41) is -4.73. The van der Waals surface area contributed by atoms with E-state index >= 15 is 0 Å². The van der Waals surface area contributed by atoms with E-state index in [-0.39, 0.29) is 17.1 Å². The number of benzene rings is 1. The third-order valence-corrected chi connectivity index (χ3v) is 4.27. The molecule has 0 atom stereocenters. The predicted molar refractivity (Wildman–Crippen MR) is 90.7 cm³/mol. The van der Waals surface area contributed by atoms with Gasteiger partial charge in [0.25, 0.3) is 0 Å². The van der Waals surface area contributed by atoms with E-state index in [1.807, 2.05) is 22.6 Å². The molecule has 0 fully saturated rings. The molecule has 26 heavy (non-hydrogen) atoms. The predicted octanol–water partition coefficient (Wildman–Crippen LogP) is 1.83. The van der Waals surface area contributed by atoms with Crippen LogP contribution in [0.4, 0.5) is 8.78 Å². The molecule has 1 aromatic carbocycles. The summed E-state index contributed by atoms with van der Waals surface area (Å²) in [6.45, 7) is 2.18. The fraction of sp³-hybridized carbons (Fsp3) is 0.286. The molecule has 0 unspecified atom stereocenters. The van der Waals surface area contributed by atoms with Crippen LogP contribution in [-0.2, 0) is 24.4 Å². The van der Waals surface area contributed by atoms with Gasteiger partial charge >= 0.3 is 17.2 Å². The minimum atomic E-state index is -5.94. The summed E-state index contributed by atoms with van der Waals surface area (Å²) in [7, 11) is -5.94. The molecule has 1 rings (SSSR count). The van der Waals surface area contributed by atoms with Gasteiger partial charge in [0.1, 0.15) is 11.5 Å². The third-order valence-electron chi connectivity index (χ3n) is 2.57. The highest BCUT2D eigenvalue weighted by molar-refractivity contribution is 14.1. The van der Waals surface area contributed by atoms with Gasteiger partial charge in [-0.15, -0.1) is 0 Å². The lowest BCUT2D eigenvalue weighted by atomic mass is 10.3. The van der Waals surface area contributed by atoms with Gasteiger partial charge < -0.3 is 18.8 Å². The van der Waals surface area contributed by atoms with E-state index in [1.54, 1.807) is 0 Å². The average Bonchev–Trinajstić information content (AvgIpc) is 2.51. The molecule has 0 N–H and O–H groups in total. The number of halogens is 3. The van der Waals surface area contributed by atoms with Crippen LogP contribution >= 0.6 is 22.6 Å². The molecule has 0 amide bonds. The molecule has 0 saturated heterocycles. The Morgan fingerprint density at radius 3 is 2.46 bits per heavy atom. The van der Waals surface area contributed by atoms with Crippen molar-refractivity contribution >= 4 is 44.6 Å². The fourth-order valence-corrected chi connectivity index (χ4v) is 2.12. The second-order valence-electron chi connectivity index (χ2n) is 4.80. The second kappa shape index (κ2) is 8.73. The first-order valence-electron chi connectivity index (χ1n) is 6.62. The summed E-state index contributed by atoms with van der Waals surface area (Å²) < 4.78 is 71.0. The van der Waals surface area contributed by atoms with Gasteiger partial charge in [0.2, 0.25) is 0 Å². The van der Waals surface area contributed by atoms with Crippen LogP contribution in [-0.4, -0.2) is 43.4 Å². The number of ether oxygens (including phenoxy) is 3. The molecule has 144 valence electrons. The Morgan fingerprint density at radius 1 is 1.35 bits per heavy atom. The highest BCUT2D eigenvalue weighted by atomic mass is 127. The van der Waals surface area contributed by atoms with E-state index in [4.69, 9.17) is 9.47 Å². The fourth-order valence-electron chi connectivity index (χ4n) is 1.27. The Kier molecular flexibility index (Phi) is 7.46. The molecule has 0 aliphatic rings. The van der Waals surface area contributed by atoms with Gasteiger partial charge in [-0.1, -0.05) is 6.58 Å². The van der Waals surface area contributed by atoms with Gasteiger partial charge in [-0.25, -0.2) is 18.0 Å². The van der Waals surface area contributed by atoms with Crippen molar-refractivity contribution in [1.82, 2.24) is 0 Å². The number of hydrogen-bond acceptors (Lipinski definition) is 8. The van der Waals surface area contributed by atoms with Gasteiger partial charge in [-0.2, -0.15) is 8.78 Å². The molecule has 12 heteroatoms. The first-order chi connectivity index (χ1) is 11.8. The Balaban J connectivity index is 2.61. The SMILES string of the molecule is C=C(C)C(=O)Oc1ccc(OCC(=O)OCC(F)(F)S(=O)(=O)[O-])c(I)c1. The largest absolute Gasteiger partial charge is 0.743 e. The molecule has 0 heterocycles. The van der Waals surface area contributed by atoms with E-state index in [9.17, 15) is 31.3 Å². The molecule has 0 aromatic heterocycles. The number of alkyl halides is 2. The number of rotatable bonds is 8. The number of hydrogen-bond donors (Lipinski definition) is 0. The molecule has 0 saturated carbocycles. The molecule has 0 spiro atoms. The molecule has 0 aliphatic carbocycles. The quantitative estimate of drug-likeness (QED) is 0.173. The van der Waals surface area contributed by atoms with Crippen LogP contribution in [0.2, 0.25) is 0 Å². The second-order valence-corrected chi connectivity index (χ2v) is 7.47. The highest BCUT2D eigenvalue weighted by Crippen LogP contribution is 2.26. The lowest BCUT2D eigenvalue weighted by molar-refractivity contribution is -0.152. The maximum absolute atomic E-state index is 12.9. The first-order valence-corrected chi connectivity index (χ1v) is 9.11. The van der Waals surface area contributed by atoms with E-state index in [0.29, 0.717) is 3.57 Å². The van der Waals surface area contributed by atoms with Crippen molar-refractivity contribution in [1.29, 1.82) is 0 Å². The molecular weight excluding hydrogens is 493 g/mol. The van der Waals surface area contributed by atoms with Gasteiger partial charge in [0.05, 0.1) is 3.57 Å². The summed E-state index contributed by atoms with van der Waals surface area (Å²) in [6.07, 6.45) is 0. The zero-order valence-electron chi connectivity index (χ0n) is 13.2. The third kappa shape index (κ3) is 6.49. The van der Waals surface area contributed by atoms with E-state index in [1.165, 1.54) is 25.1 Å². The monoisotopic (exact) mass is 505 g/mol. The number of carbonyl (C=O) groups excluding carboxylic acids is 2. The van der Waals surface area contributed by atoms with Crippen molar-refractivity contribution in [3.63, 3.8) is 0 Å². The molecule has 0 bridgehead atoms. The maximum Gasteiger partial charge on any atom is 0.367 e. The number of esters is 2. The smallest absolute Gasteiger partial charge is 0.367 e. The Morgan fingerprint density at radius 2 is 1.96 bits per heavy atom. The van der Waals surface area contributed by atoms with Gasteiger partial charge in [-0.05, 0) is 47.7 Å². The van der Waals surface area contributed by atoms with E-state index < -0.39 is 40.5 Å². The van der Waals surface area contributed by atoms with Gasteiger partial charge in [-0.3, -0.25) is 0 Å². The standard InChI is InChI=1S/C14H13F2IO8S/c1-8(2)13(19)25-9-3-4-11(10(17)5-9)23-6-12(18)24-7-14(15,16)26(20,21)22/h3-5H,1,6-7H2,2H3,(H,20,21,22)/p-1. The van der Waals surface area contributed by atoms with E-state index in [0.717, 1.165) is 0 Å². The average molecular weight is 505 g/mol. The molecular formula is C14H12F2IO8S-. The van der Waals surface area contributed by atoms with Crippen molar-refractivity contribution in [2.45, 2.75) is 12.2 Å². The van der Waals surface area contributed by atoms with Crippen LogP contribution in [0.5, 0.6) is 11.5 Å². The topological polar surface area (TPSA) is 119 Å². The first kappa shape index (κ1) is 22.2. The van der Waals surface area contributed by atoms with Crippen LogP contribution in [0.1, 0.15) is 6.92 Å². The summed E-state index contributed by atoms with van der Waals surface area (Å²) >= 11 is 1.81. The summed E-state index contributed by atoms with van der Waals surface area (Å²) in [4.78, 5) is 22.7. The molecule has 1 aromatic rings. The van der Waals surface area contributed by atoms with Crippen LogP contribution in [0.15, 0.2) is 30.4 Å². The summed E-state index contributed by atoms with van der Waals surface area (Å²) in [6, 6.07) is 4.13. The highest BCUT2D eigenvalue weighted by Gasteiger charge is 2.39. The van der Waals surface area contributed by atoms with Crippen molar-refractivity contribution in [2.24, 2.45) is 0 Å². The minimum absolute atomic E-state index is 0.154. The van der Waals surface area contributed by atoms with E-state index in [2.05, 4.69) is 11.3 Å². The summed E-state index contributed by atoms with van der Waals surface area (Å²) in [5.41, 5.74) is 0.194. The van der Waals surface area contributed by atoms with Crippen LogP contribution in [0, 0.1) is 3.57 Å².